The highest BCUT2D eigenvalue weighted by atomic mass is 16.6. The Bertz CT molecular complexity index is 892. The minimum absolute atomic E-state index is 0.399. The number of esters is 1. The molecule has 0 aliphatic carbocycles. The molecule has 0 aromatic heterocycles. The summed E-state index contributed by atoms with van der Waals surface area (Å²) in [7, 11) is 0. The quantitative estimate of drug-likeness (QED) is 0.407. The van der Waals surface area contributed by atoms with Gasteiger partial charge in [-0.25, -0.2) is 9.59 Å². The summed E-state index contributed by atoms with van der Waals surface area (Å²) in [6, 6.07) is 28.5. The number of benzene rings is 3. The third kappa shape index (κ3) is 4.99. The van der Waals surface area contributed by atoms with Crippen molar-refractivity contribution in [2.45, 2.75) is 24.7 Å². The highest BCUT2D eigenvalue weighted by Crippen LogP contribution is 2.40. The molecule has 0 saturated heterocycles. The summed E-state index contributed by atoms with van der Waals surface area (Å²) in [4.78, 5) is 23.1. The van der Waals surface area contributed by atoms with E-state index in [4.69, 9.17) is 14.6 Å². The number of hydrogen-bond donors (Lipinski definition) is 2. The number of carbonyl (C=O) groups is 2. The molecular weight excluding hydrogens is 396 g/mol. The number of aliphatic hydroxyl groups is 1. The van der Waals surface area contributed by atoms with Gasteiger partial charge in [0.25, 0.3) is 0 Å². The lowest BCUT2D eigenvalue weighted by atomic mass is 9.80. The molecule has 0 saturated carbocycles. The van der Waals surface area contributed by atoms with Gasteiger partial charge in [0.1, 0.15) is 5.60 Å². The molecule has 2 N–H and O–H groups in total. The number of aliphatic carboxylic acids is 1. The zero-order valence-electron chi connectivity index (χ0n) is 17.0. The molecule has 160 valence electrons. The summed E-state index contributed by atoms with van der Waals surface area (Å²) in [5, 5.41) is 19.3. The van der Waals surface area contributed by atoms with Gasteiger partial charge in [-0.15, -0.1) is 0 Å². The monoisotopic (exact) mass is 420 g/mol. The predicted octanol–water partition coefficient (Wildman–Crippen LogP) is 3.37. The van der Waals surface area contributed by atoms with Crippen LogP contribution in [-0.2, 0) is 24.7 Å². The van der Waals surface area contributed by atoms with E-state index in [9.17, 15) is 14.7 Å². The van der Waals surface area contributed by atoms with E-state index in [-0.39, 0.29) is 0 Å². The Morgan fingerprint density at radius 3 is 1.55 bits per heavy atom. The van der Waals surface area contributed by atoms with Crippen LogP contribution in [-0.4, -0.2) is 41.0 Å². The largest absolute Gasteiger partial charge is 0.479 e. The van der Waals surface area contributed by atoms with E-state index in [1.54, 1.807) is 0 Å². The second-order valence-electron chi connectivity index (χ2n) is 7.02. The van der Waals surface area contributed by atoms with Crippen molar-refractivity contribution in [3.8, 4) is 0 Å². The maximum Gasteiger partial charge on any atom is 0.344 e. The Morgan fingerprint density at radius 2 is 1.19 bits per heavy atom. The lowest BCUT2D eigenvalue weighted by Gasteiger charge is -2.36. The molecule has 3 aromatic carbocycles. The van der Waals surface area contributed by atoms with E-state index in [1.165, 1.54) is 6.92 Å². The Hall–Kier alpha value is -3.48. The molecule has 0 heterocycles. The molecule has 2 atom stereocenters. The van der Waals surface area contributed by atoms with Gasteiger partial charge in [0.05, 0.1) is 6.61 Å². The summed E-state index contributed by atoms with van der Waals surface area (Å²) in [5.41, 5.74) is 1.33. The van der Waals surface area contributed by atoms with Gasteiger partial charge >= 0.3 is 11.9 Å². The van der Waals surface area contributed by atoms with Crippen molar-refractivity contribution < 1.29 is 29.3 Å². The van der Waals surface area contributed by atoms with E-state index in [2.05, 4.69) is 0 Å². The Balaban J connectivity index is 2.00. The zero-order valence-corrected chi connectivity index (χ0v) is 17.0. The lowest BCUT2D eigenvalue weighted by molar-refractivity contribution is -0.172. The number of rotatable bonds is 9. The Morgan fingerprint density at radius 1 is 0.806 bits per heavy atom. The second-order valence-corrected chi connectivity index (χ2v) is 7.02. The molecule has 0 aliphatic rings. The highest BCUT2D eigenvalue weighted by molar-refractivity contribution is 5.80. The van der Waals surface area contributed by atoms with Gasteiger partial charge in [0, 0.05) is 0 Å². The summed E-state index contributed by atoms with van der Waals surface area (Å²) in [5.74, 6) is -2.35. The molecule has 0 amide bonds. The normalized spacial score (nSPS) is 13.2. The fourth-order valence-electron chi connectivity index (χ4n) is 3.34. The molecule has 0 spiro atoms. The summed E-state index contributed by atoms with van der Waals surface area (Å²) in [6.07, 6.45) is -3.03. The smallest absolute Gasteiger partial charge is 0.344 e. The van der Waals surface area contributed by atoms with Crippen molar-refractivity contribution in [1.82, 2.24) is 0 Å². The predicted molar refractivity (Wildman–Crippen MR) is 114 cm³/mol. The molecule has 0 bridgehead atoms. The SMILES string of the molecule is CC(OC(=O)C(O)COC(c1ccccc1)(c1ccccc1)c1ccccc1)C(=O)O. The van der Waals surface area contributed by atoms with E-state index in [1.807, 2.05) is 91.0 Å². The van der Waals surface area contributed by atoms with E-state index >= 15 is 0 Å². The number of carbonyl (C=O) groups excluding carboxylic acids is 1. The number of aliphatic hydroxyl groups excluding tert-OH is 1. The third-order valence-electron chi connectivity index (χ3n) is 4.91. The van der Waals surface area contributed by atoms with Crippen molar-refractivity contribution >= 4 is 11.9 Å². The van der Waals surface area contributed by atoms with Gasteiger partial charge in [0.2, 0.25) is 0 Å². The van der Waals surface area contributed by atoms with Crippen LogP contribution in [0.4, 0.5) is 0 Å². The molecule has 0 aliphatic heterocycles. The van der Waals surface area contributed by atoms with Crippen LogP contribution in [0.5, 0.6) is 0 Å². The van der Waals surface area contributed by atoms with Crippen LogP contribution < -0.4 is 0 Å². The van der Waals surface area contributed by atoms with Crippen LogP contribution in [0.15, 0.2) is 91.0 Å². The molecule has 3 aromatic rings. The maximum absolute atomic E-state index is 12.2. The fourth-order valence-corrected chi connectivity index (χ4v) is 3.34. The van der Waals surface area contributed by atoms with Gasteiger partial charge in [-0.05, 0) is 23.6 Å². The minimum atomic E-state index is -1.66. The number of carboxylic acid groups (broad SMARTS) is 1. The van der Waals surface area contributed by atoms with Crippen LogP contribution in [0, 0.1) is 0 Å². The molecule has 6 heteroatoms. The summed E-state index contributed by atoms with van der Waals surface area (Å²) >= 11 is 0. The van der Waals surface area contributed by atoms with Crippen LogP contribution in [0.25, 0.3) is 0 Å². The molecule has 0 fully saturated rings. The number of carboxylic acids is 1. The van der Waals surface area contributed by atoms with Crippen molar-refractivity contribution in [3.05, 3.63) is 108 Å². The van der Waals surface area contributed by atoms with Crippen LogP contribution in [0.1, 0.15) is 23.6 Å². The molecule has 0 radical (unpaired) electrons. The fraction of sp³-hybridized carbons (Fsp3) is 0.200. The van der Waals surface area contributed by atoms with Crippen molar-refractivity contribution in [2.24, 2.45) is 0 Å². The first-order chi connectivity index (χ1) is 14.9. The van der Waals surface area contributed by atoms with Crippen molar-refractivity contribution in [3.63, 3.8) is 0 Å². The first-order valence-corrected chi connectivity index (χ1v) is 9.87. The van der Waals surface area contributed by atoms with Crippen molar-refractivity contribution in [2.75, 3.05) is 6.61 Å². The van der Waals surface area contributed by atoms with E-state index < -0.39 is 36.4 Å². The molecular formula is C25H24O6. The number of ether oxygens (including phenoxy) is 2. The minimum Gasteiger partial charge on any atom is -0.479 e. The first-order valence-electron chi connectivity index (χ1n) is 9.87. The van der Waals surface area contributed by atoms with Gasteiger partial charge in [-0.1, -0.05) is 91.0 Å². The Labute approximate surface area is 180 Å². The lowest BCUT2D eigenvalue weighted by Crippen LogP contribution is -2.39. The van der Waals surface area contributed by atoms with Gasteiger partial charge in [-0.3, -0.25) is 0 Å². The Kier molecular flexibility index (Phi) is 7.18. The summed E-state index contributed by atoms with van der Waals surface area (Å²) < 4.78 is 11.1. The second kappa shape index (κ2) is 10.0. The average molecular weight is 420 g/mol. The average Bonchev–Trinajstić information content (AvgIpc) is 2.81. The third-order valence-corrected chi connectivity index (χ3v) is 4.91. The van der Waals surface area contributed by atoms with Gasteiger partial charge in [-0.2, -0.15) is 0 Å². The molecule has 3 rings (SSSR count). The first kappa shape index (κ1) is 22.2. The standard InChI is InChI=1S/C25H24O6/c1-18(23(27)28)31-24(29)22(26)17-30-25(19-11-5-2-6-12-19,20-13-7-3-8-14-20)21-15-9-4-10-16-21/h2-16,18,22,26H,17H2,1H3,(H,27,28). The number of hydrogen-bond acceptors (Lipinski definition) is 5. The van der Waals surface area contributed by atoms with Crippen molar-refractivity contribution in [1.29, 1.82) is 0 Å². The van der Waals surface area contributed by atoms with Crippen LogP contribution in [0.2, 0.25) is 0 Å². The molecule has 6 nitrogen and oxygen atoms in total. The molecule has 2 unspecified atom stereocenters. The maximum atomic E-state index is 12.2. The summed E-state index contributed by atoms with van der Waals surface area (Å²) in [6.45, 7) is 0.819. The van der Waals surface area contributed by atoms with Gasteiger partial charge < -0.3 is 19.7 Å². The topological polar surface area (TPSA) is 93.1 Å². The highest BCUT2D eigenvalue weighted by Gasteiger charge is 2.39. The molecule has 31 heavy (non-hydrogen) atoms. The van der Waals surface area contributed by atoms with E-state index in [0.29, 0.717) is 0 Å². The van der Waals surface area contributed by atoms with Gasteiger partial charge in [0.15, 0.2) is 12.2 Å². The van der Waals surface area contributed by atoms with Crippen LogP contribution >= 0.6 is 0 Å². The zero-order chi connectivity index (χ0) is 22.3. The van der Waals surface area contributed by atoms with E-state index in [0.717, 1.165) is 16.7 Å². The van der Waals surface area contributed by atoms with Crippen LogP contribution in [0.3, 0.4) is 0 Å².